The Bertz CT molecular complexity index is 443. The van der Waals surface area contributed by atoms with Gasteiger partial charge in [-0.25, -0.2) is 0 Å². The zero-order chi connectivity index (χ0) is 13.1. The average Bonchev–Trinajstić information content (AvgIpc) is 3.14. The number of aryl methyl sites for hydroxylation is 1. The molecule has 0 radical (unpaired) electrons. The van der Waals surface area contributed by atoms with Crippen molar-refractivity contribution in [3.05, 3.63) is 29.3 Å². The minimum Gasteiger partial charge on any atom is -0.491 e. The molecule has 0 heterocycles. The van der Waals surface area contributed by atoms with Crippen molar-refractivity contribution in [1.29, 1.82) is 0 Å². The highest BCUT2D eigenvalue weighted by Crippen LogP contribution is 2.26. The minimum absolute atomic E-state index is 0.393. The number of hydrogen-bond acceptors (Lipinski definition) is 3. The summed E-state index contributed by atoms with van der Waals surface area (Å²) < 4.78 is 5.87. The van der Waals surface area contributed by atoms with Gasteiger partial charge >= 0.3 is 0 Å². The molecular formula is C14H20N2OS. The Labute approximate surface area is 114 Å². The van der Waals surface area contributed by atoms with E-state index >= 15 is 0 Å². The molecule has 0 spiro atoms. The maximum absolute atomic E-state index is 5.87. The van der Waals surface area contributed by atoms with Gasteiger partial charge in [0.1, 0.15) is 17.3 Å². The van der Waals surface area contributed by atoms with E-state index in [1.807, 2.05) is 25.1 Å². The summed E-state index contributed by atoms with van der Waals surface area (Å²) in [5.74, 6) is 0.828. The standard InChI is InChI=1S/C14H20N2OS/c1-10-4-3-5-12(14(15)18)13(10)17-9-8-16(2)11-6-7-11/h3-5,11H,6-9H2,1-2H3,(H2,15,18). The zero-order valence-electron chi connectivity index (χ0n) is 11.0. The molecule has 0 saturated heterocycles. The summed E-state index contributed by atoms with van der Waals surface area (Å²) in [6.45, 7) is 3.63. The van der Waals surface area contributed by atoms with Crippen molar-refractivity contribution in [2.75, 3.05) is 20.2 Å². The van der Waals surface area contributed by atoms with Gasteiger partial charge in [0.2, 0.25) is 0 Å². The van der Waals surface area contributed by atoms with Crippen molar-refractivity contribution in [2.24, 2.45) is 5.73 Å². The summed E-state index contributed by atoms with van der Waals surface area (Å²) in [5.41, 5.74) is 7.62. The molecule has 2 N–H and O–H groups in total. The third-order valence-corrected chi connectivity index (χ3v) is 3.56. The maximum atomic E-state index is 5.87. The summed E-state index contributed by atoms with van der Waals surface area (Å²) in [6, 6.07) is 6.64. The number of nitrogens with zero attached hydrogens (tertiary/aromatic N) is 1. The number of nitrogens with two attached hydrogens (primary N) is 1. The van der Waals surface area contributed by atoms with Crippen LogP contribution in [0.4, 0.5) is 0 Å². The van der Waals surface area contributed by atoms with Gasteiger partial charge in [0.05, 0.1) is 5.56 Å². The summed E-state index contributed by atoms with van der Waals surface area (Å²) in [5, 5.41) is 0. The van der Waals surface area contributed by atoms with Gasteiger partial charge in [-0.3, -0.25) is 0 Å². The topological polar surface area (TPSA) is 38.5 Å². The van der Waals surface area contributed by atoms with Crippen LogP contribution in [0.5, 0.6) is 5.75 Å². The largest absolute Gasteiger partial charge is 0.491 e. The van der Waals surface area contributed by atoms with E-state index in [4.69, 9.17) is 22.7 Å². The second-order valence-corrected chi connectivity index (χ2v) is 5.32. The first-order chi connectivity index (χ1) is 8.59. The number of likely N-dealkylation sites (N-methyl/N-ethyl adjacent to an activating group) is 1. The molecule has 1 aliphatic carbocycles. The van der Waals surface area contributed by atoms with E-state index in [1.165, 1.54) is 12.8 Å². The number of benzene rings is 1. The van der Waals surface area contributed by atoms with E-state index in [9.17, 15) is 0 Å². The van der Waals surface area contributed by atoms with Gasteiger partial charge < -0.3 is 15.4 Å². The third kappa shape index (κ3) is 3.21. The first-order valence-electron chi connectivity index (χ1n) is 6.32. The van der Waals surface area contributed by atoms with Crippen LogP contribution in [0.1, 0.15) is 24.0 Å². The molecule has 0 unspecified atom stereocenters. The van der Waals surface area contributed by atoms with E-state index in [0.29, 0.717) is 11.6 Å². The van der Waals surface area contributed by atoms with Crippen LogP contribution >= 0.6 is 12.2 Å². The second kappa shape index (κ2) is 5.67. The fraction of sp³-hybridized carbons (Fsp3) is 0.500. The van der Waals surface area contributed by atoms with Crippen LogP contribution in [-0.4, -0.2) is 36.1 Å². The molecule has 1 aliphatic rings. The van der Waals surface area contributed by atoms with Crippen LogP contribution in [-0.2, 0) is 0 Å². The second-order valence-electron chi connectivity index (χ2n) is 4.88. The number of ether oxygens (including phenoxy) is 1. The molecule has 4 heteroatoms. The highest BCUT2D eigenvalue weighted by molar-refractivity contribution is 7.80. The van der Waals surface area contributed by atoms with Gasteiger partial charge in [0.25, 0.3) is 0 Å². The smallest absolute Gasteiger partial charge is 0.132 e. The maximum Gasteiger partial charge on any atom is 0.132 e. The van der Waals surface area contributed by atoms with E-state index in [2.05, 4.69) is 11.9 Å². The molecule has 1 aromatic rings. The average molecular weight is 264 g/mol. The lowest BCUT2D eigenvalue weighted by molar-refractivity contribution is 0.231. The summed E-state index contributed by atoms with van der Waals surface area (Å²) in [6.07, 6.45) is 2.64. The Morgan fingerprint density at radius 1 is 1.50 bits per heavy atom. The molecule has 0 bridgehead atoms. The first-order valence-corrected chi connectivity index (χ1v) is 6.73. The van der Waals surface area contributed by atoms with Crippen LogP contribution in [0.15, 0.2) is 18.2 Å². The molecule has 3 nitrogen and oxygen atoms in total. The van der Waals surface area contributed by atoms with Crippen LogP contribution in [0.2, 0.25) is 0 Å². The Morgan fingerprint density at radius 3 is 2.83 bits per heavy atom. The highest BCUT2D eigenvalue weighted by Gasteiger charge is 2.25. The molecule has 0 aromatic heterocycles. The van der Waals surface area contributed by atoms with Crippen molar-refractivity contribution in [1.82, 2.24) is 4.90 Å². The summed E-state index contributed by atoms with van der Waals surface area (Å²) in [7, 11) is 2.15. The van der Waals surface area contributed by atoms with Gasteiger partial charge in [-0.1, -0.05) is 24.4 Å². The van der Waals surface area contributed by atoms with Crippen molar-refractivity contribution in [2.45, 2.75) is 25.8 Å². The predicted octanol–water partition coefficient (Wildman–Crippen LogP) is 2.10. The molecule has 2 rings (SSSR count). The molecule has 18 heavy (non-hydrogen) atoms. The minimum atomic E-state index is 0.393. The molecule has 1 saturated carbocycles. The molecular weight excluding hydrogens is 244 g/mol. The highest BCUT2D eigenvalue weighted by atomic mass is 32.1. The SMILES string of the molecule is Cc1cccc(C(N)=S)c1OCCN(C)C1CC1. The van der Waals surface area contributed by atoms with Gasteiger partial charge in [0.15, 0.2) is 0 Å². The molecule has 1 aromatic carbocycles. The van der Waals surface area contributed by atoms with Gasteiger partial charge in [-0.15, -0.1) is 0 Å². The molecule has 0 atom stereocenters. The van der Waals surface area contributed by atoms with Crippen molar-refractivity contribution in [3.63, 3.8) is 0 Å². The fourth-order valence-corrected chi connectivity index (χ4v) is 2.19. The van der Waals surface area contributed by atoms with Crippen molar-refractivity contribution >= 4 is 17.2 Å². The number of para-hydroxylation sites is 1. The third-order valence-electron chi connectivity index (χ3n) is 3.34. The number of thiocarbonyl (C=S) groups is 1. The van der Waals surface area contributed by atoms with Gasteiger partial charge in [-0.2, -0.15) is 0 Å². The van der Waals surface area contributed by atoms with Gasteiger partial charge in [0, 0.05) is 12.6 Å². The van der Waals surface area contributed by atoms with Crippen LogP contribution in [0.25, 0.3) is 0 Å². The van der Waals surface area contributed by atoms with E-state index < -0.39 is 0 Å². The lowest BCUT2D eigenvalue weighted by atomic mass is 10.1. The number of rotatable bonds is 6. The first kappa shape index (κ1) is 13.3. The summed E-state index contributed by atoms with van der Waals surface area (Å²) >= 11 is 5.05. The van der Waals surface area contributed by atoms with Crippen molar-refractivity contribution < 1.29 is 4.74 Å². The lowest BCUT2D eigenvalue weighted by Gasteiger charge is -2.18. The molecule has 0 aliphatic heterocycles. The summed E-state index contributed by atoms with van der Waals surface area (Å²) in [4.78, 5) is 2.74. The Kier molecular flexibility index (Phi) is 4.19. The Morgan fingerprint density at radius 2 is 2.22 bits per heavy atom. The Balaban J connectivity index is 1.97. The quantitative estimate of drug-likeness (QED) is 0.799. The Hall–Kier alpha value is -1.13. The zero-order valence-corrected chi connectivity index (χ0v) is 11.8. The normalized spacial score (nSPS) is 14.8. The van der Waals surface area contributed by atoms with E-state index in [-0.39, 0.29) is 0 Å². The molecule has 1 fully saturated rings. The van der Waals surface area contributed by atoms with E-state index in [1.54, 1.807) is 0 Å². The predicted molar refractivity (Wildman–Crippen MR) is 78.2 cm³/mol. The molecule has 0 amide bonds. The monoisotopic (exact) mass is 264 g/mol. The van der Waals surface area contributed by atoms with Crippen LogP contribution in [0, 0.1) is 6.92 Å². The van der Waals surface area contributed by atoms with Gasteiger partial charge in [-0.05, 0) is 38.4 Å². The lowest BCUT2D eigenvalue weighted by Crippen LogP contribution is -2.26. The van der Waals surface area contributed by atoms with Crippen molar-refractivity contribution in [3.8, 4) is 5.75 Å². The number of hydrogen-bond donors (Lipinski definition) is 1. The van der Waals surface area contributed by atoms with Crippen LogP contribution in [0.3, 0.4) is 0 Å². The fourth-order valence-electron chi connectivity index (χ4n) is 2.03. The molecule has 98 valence electrons. The van der Waals surface area contributed by atoms with E-state index in [0.717, 1.165) is 29.5 Å². The van der Waals surface area contributed by atoms with Crippen LogP contribution < -0.4 is 10.5 Å².